The van der Waals surface area contributed by atoms with E-state index < -0.39 is 0 Å². The van der Waals surface area contributed by atoms with Crippen LogP contribution in [0.5, 0.6) is 0 Å². The van der Waals surface area contributed by atoms with Gasteiger partial charge in [0.1, 0.15) is 0 Å². The number of carbonyl (C=O) groups excluding carboxylic acids is 1. The van der Waals surface area contributed by atoms with Crippen molar-refractivity contribution in [1.82, 2.24) is 10.2 Å². The van der Waals surface area contributed by atoms with E-state index in [0.717, 1.165) is 0 Å². The molecule has 0 unspecified atom stereocenters. The van der Waals surface area contributed by atoms with E-state index in [0.29, 0.717) is 16.8 Å². The van der Waals surface area contributed by atoms with Crippen LogP contribution < -0.4 is 5.32 Å². The van der Waals surface area contributed by atoms with Crippen LogP contribution in [0.4, 0.5) is 5.69 Å². The molecule has 2 aromatic rings. The first-order valence-electron chi connectivity index (χ1n) is 4.88. The van der Waals surface area contributed by atoms with Crippen LogP contribution in [0.2, 0.25) is 0 Å². The first kappa shape index (κ1) is 10.8. The first-order chi connectivity index (χ1) is 8.29. The number of rotatable bonds is 2. The van der Waals surface area contributed by atoms with E-state index in [2.05, 4.69) is 15.5 Å². The summed E-state index contributed by atoms with van der Waals surface area (Å²) in [4.78, 5) is 11.8. The number of nitrogens with zero attached hydrogens (tertiary/aromatic N) is 3. The summed E-state index contributed by atoms with van der Waals surface area (Å²) in [6.07, 6.45) is 2.82. The van der Waals surface area contributed by atoms with Crippen molar-refractivity contribution in [3.63, 3.8) is 0 Å². The normalized spacial score (nSPS) is 9.35. The first-order valence-corrected chi connectivity index (χ1v) is 4.88. The van der Waals surface area contributed by atoms with Gasteiger partial charge in [-0.3, -0.25) is 4.79 Å². The highest BCUT2D eigenvalue weighted by atomic mass is 16.1. The zero-order valence-corrected chi connectivity index (χ0v) is 8.79. The summed E-state index contributed by atoms with van der Waals surface area (Å²) in [5, 5.41) is 18.6. The summed E-state index contributed by atoms with van der Waals surface area (Å²) < 4.78 is 0. The zero-order chi connectivity index (χ0) is 12.1. The van der Waals surface area contributed by atoms with E-state index in [4.69, 9.17) is 5.26 Å². The Balaban J connectivity index is 2.17. The highest BCUT2D eigenvalue weighted by molar-refractivity contribution is 6.04. The molecule has 1 amide bonds. The molecule has 82 valence electrons. The van der Waals surface area contributed by atoms with Crippen molar-refractivity contribution >= 4 is 11.6 Å². The average molecular weight is 224 g/mol. The minimum absolute atomic E-state index is 0.282. The Hall–Kier alpha value is -2.74. The molecule has 1 N–H and O–H groups in total. The van der Waals surface area contributed by atoms with Crippen molar-refractivity contribution in [3.05, 3.63) is 53.9 Å². The predicted molar refractivity (Wildman–Crippen MR) is 61.1 cm³/mol. The molecule has 0 saturated heterocycles. The van der Waals surface area contributed by atoms with Gasteiger partial charge in [0.2, 0.25) is 0 Å². The van der Waals surface area contributed by atoms with Gasteiger partial charge >= 0.3 is 0 Å². The maximum absolute atomic E-state index is 11.8. The second kappa shape index (κ2) is 4.86. The van der Waals surface area contributed by atoms with Gasteiger partial charge in [-0.25, -0.2) is 0 Å². The summed E-state index contributed by atoms with van der Waals surface area (Å²) in [5.41, 5.74) is 1.49. The lowest BCUT2D eigenvalue weighted by molar-refractivity contribution is 0.102. The quantitative estimate of drug-likeness (QED) is 0.840. The van der Waals surface area contributed by atoms with E-state index in [-0.39, 0.29) is 5.91 Å². The van der Waals surface area contributed by atoms with Gasteiger partial charge in [-0.15, -0.1) is 0 Å². The zero-order valence-electron chi connectivity index (χ0n) is 8.79. The molecule has 0 spiro atoms. The van der Waals surface area contributed by atoms with Gasteiger partial charge in [-0.1, -0.05) is 6.07 Å². The fraction of sp³-hybridized carbons (Fsp3) is 0. The smallest absolute Gasteiger partial charge is 0.257 e. The summed E-state index contributed by atoms with van der Waals surface area (Å²) in [6.45, 7) is 0. The standard InChI is InChI=1S/C12H8N4O/c13-7-9-2-1-3-11(6-9)16-12(17)10-4-5-14-15-8-10/h1-6,8H,(H,16,17). The molecule has 1 heterocycles. The monoisotopic (exact) mass is 224 g/mol. The Morgan fingerprint density at radius 3 is 2.88 bits per heavy atom. The molecule has 0 bridgehead atoms. The minimum atomic E-state index is -0.282. The number of nitrogens with one attached hydrogen (secondary N) is 1. The molecule has 0 aliphatic carbocycles. The third kappa shape index (κ3) is 2.63. The summed E-state index contributed by atoms with van der Waals surface area (Å²) in [5.74, 6) is -0.282. The van der Waals surface area contributed by atoms with Crippen LogP contribution in [-0.2, 0) is 0 Å². The molecular weight excluding hydrogens is 216 g/mol. The third-order valence-corrected chi connectivity index (χ3v) is 2.10. The largest absolute Gasteiger partial charge is 0.322 e. The third-order valence-electron chi connectivity index (χ3n) is 2.10. The predicted octanol–water partition coefficient (Wildman–Crippen LogP) is 1.60. The van der Waals surface area contributed by atoms with E-state index in [1.807, 2.05) is 6.07 Å². The fourth-order valence-corrected chi connectivity index (χ4v) is 1.29. The number of carbonyl (C=O) groups is 1. The number of hydrogen-bond donors (Lipinski definition) is 1. The summed E-state index contributed by atoms with van der Waals surface area (Å²) in [6, 6.07) is 10.3. The Bertz CT molecular complexity index is 575. The molecule has 0 aliphatic rings. The maximum atomic E-state index is 11.8. The van der Waals surface area contributed by atoms with Crippen LogP contribution in [0.1, 0.15) is 15.9 Å². The molecule has 2 rings (SSSR count). The number of nitriles is 1. The molecule has 17 heavy (non-hydrogen) atoms. The molecule has 1 aromatic carbocycles. The SMILES string of the molecule is N#Cc1cccc(NC(=O)c2ccnnc2)c1. The molecule has 0 radical (unpaired) electrons. The lowest BCUT2D eigenvalue weighted by atomic mass is 10.2. The average Bonchev–Trinajstić information content (AvgIpc) is 2.40. The van der Waals surface area contributed by atoms with Gasteiger partial charge in [-0.2, -0.15) is 15.5 Å². The van der Waals surface area contributed by atoms with Crippen LogP contribution in [0.3, 0.4) is 0 Å². The second-order valence-electron chi connectivity index (χ2n) is 3.28. The fourth-order valence-electron chi connectivity index (χ4n) is 1.29. The van der Waals surface area contributed by atoms with Gasteiger partial charge in [-0.05, 0) is 24.3 Å². The van der Waals surface area contributed by atoms with Crippen LogP contribution in [0.25, 0.3) is 0 Å². The molecule has 0 atom stereocenters. The van der Waals surface area contributed by atoms with Crippen LogP contribution in [0, 0.1) is 11.3 Å². The Labute approximate surface area is 97.7 Å². The van der Waals surface area contributed by atoms with Crippen molar-refractivity contribution < 1.29 is 4.79 Å². The van der Waals surface area contributed by atoms with E-state index in [1.165, 1.54) is 12.4 Å². The molecule has 0 aliphatic heterocycles. The Morgan fingerprint density at radius 1 is 1.29 bits per heavy atom. The second-order valence-corrected chi connectivity index (χ2v) is 3.28. The van der Waals surface area contributed by atoms with Crippen molar-refractivity contribution in [3.8, 4) is 6.07 Å². The number of benzene rings is 1. The van der Waals surface area contributed by atoms with Crippen LogP contribution >= 0.6 is 0 Å². The van der Waals surface area contributed by atoms with E-state index >= 15 is 0 Å². The number of anilines is 1. The van der Waals surface area contributed by atoms with Crippen LogP contribution in [-0.4, -0.2) is 16.1 Å². The van der Waals surface area contributed by atoms with Gasteiger partial charge in [0.05, 0.1) is 29.6 Å². The van der Waals surface area contributed by atoms with Crippen molar-refractivity contribution in [2.45, 2.75) is 0 Å². The molecule has 5 nitrogen and oxygen atoms in total. The molecule has 0 fully saturated rings. The maximum Gasteiger partial charge on any atom is 0.257 e. The molecule has 5 heteroatoms. The Kier molecular flexibility index (Phi) is 3.08. The lowest BCUT2D eigenvalue weighted by Crippen LogP contribution is -2.12. The van der Waals surface area contributed by atoms with Crippen LogP contribution in [0.15, 0.2) is 42.7 Å². The molecular formula is C12H8N4O. The molecule has 1 aromatic heterocycles. The number of hydrogen-bond acceptors (Lipinski definition) is 4. The topological polar surface area (TPSA) is 78.7 Å². The van der Waals surface area contributed by atoms with Crippen molar-refractivity contribution in [2.75, 3.05) is 5.32 Å². The van der Waals surface area contributed by atoms with Gasteiger partial charge < -0.3 is 5.32 Å². The van der Waals surface area contributed by atoms with E-state index in [9.17, 15) is 4.79 Å². The number of amides is 1. The lowest BCUT2D eigenvalue weighted by Gasteiger charge is -2.04. The summed E-state index contributed by atoms with van der Waals surface area (Å²) in [7, 11) is 0. The Morgan fingerprint density at radius 2 is 2.18 bits per heavy atom. The summed E-state index contributed by atoms with van der Waals surface area (Å²) >= 11 is 0. The van der Waals surface area contributed by atoms with Gasteiger partial charge in [0.25, 0.3) is 5.91 Å². The van der Waals surface area contributed by atoms with Gasteiger partial charge in [0, 0.05) is 5.69 Å². The highest BCUT2D eigenvalue weighted by Gasteiger charge is 2.05. The minimum Gasteiger partial charge on any atom is -0.322 e. The number of aromatic nitrogens is 2. The van der Waals surface area contributed by atoms with Crippen molar-refractivity contribution in [2.24, 2.45) is 0 Å². The molecule has 0 saturated carbocycles. The van der Waals surface area contributed by atoms with E-state index in [1.54, 1.807) is 30.3 Å². The van der Waals surface area contributed by atoms with Gasteiger partial charge in [0.15, 0.2) is 0 Å². The highest BCUT2D eigenvalue weighted by Crippen LogP contribution is 2.11. The van der Waals surface area contributed by atoms with Crippen molar-refractivity contribution in [1.29, 1.82) is 5.26 Å².